The third kappa shape index (κ3) is 2.23. The molecule has 0 bridgehead atoms. The smallest absolute Gasteiger partial charge is 0.201 e. The zero-order chi connectivity index (χ0) is 14.4. The minimum atomic E-state index is 0.474. The van der Waals surface area contributed by atoms with Crippen LogP contribution in [-0.2, 0) is 0 Å². The van der Waals surface area contributed by atoms with Gasteiger partial charge in [0.2, 0.25) is 5.16 Å². The highest BCUT2D eigenvalue weighted by Gasteiger charge is 2.28. The van der Waals surface area contributed by atoms with E-state index in [1.54, 1.807) is 0 Å². The number of anilines is 1. The van der Waals surface area contributed by atoms with Crippen molar-refractivity contribution in [2.45, 2.75) is 35.9 Å². The lowest BCUT2D eigenvalue weighted by Gasteiger charge is -2.08. The Morgan fingerprint density at radius 3 is 2.90 bits per heavy atom. The van der Waals surface area contributed by atoms with Gasteiger partial charge in [0, 0.05) is 17.7 Å². The molecule has 0 radical (unpaired) electrons. The number of aromatic nitrogens is 5. The van der Waals surface area contributed by atoms with Gasteiger partial charge in [0.15, 0.2) is 5.65 Å². The maximum Gasteiger partial charge on any atom is 0.201 e. The third-order valence-electron chi connectivity index (χ3n) is 3.57. The van der Waals surface area contributed by atoms with Crippen molar-refractivity contribution in [1.29, 1.82) is 0 Å². The summed E-state index contributed by atoms with van der Waals surface area (Å²) in [6.07, 6.45) is 4.25. The van der Waals surface area contributed by atoms with Crippen LogP contribution in [0.1, 0.15) is 30.1 Å². The maximum atomic E-state index is 6.02. The van der Waals surface area contributed by atoms with Crippen molar-refractivity contribution in [1.82, 2.24) is 24.6 Å². The molecule has 7 heteroatoms. The molecule has 0 amide bonds. The summed E-state index contributed by atoms with van der Waals surface area (Å²) in [4.78, 5) is 9.07. The number of pyridine rings is 1. The molecule has 1 aliphatic carbocycles. The van der Waals surface area contributed by atoms with Crippen molar-refractivity contribution in [3.8, 4) is 0 Å². The molecular weight excluding hydrogens is 284 g/mol. The highest BCUT2D eigenvalue weighted by Crippen LogP contribution is 2.40. The summed E-state index contributed by atoms with van der Waals surface area (Å²) < 4.78 is 1.94. The van der Waals surface area contributed by atoms with E-state index in [1.807, 2.05) is 35.7 Å². The Morgan fingerprint density at radius 2 is 2.10 bits per heavy atom. The normalized spacial score (nSPS) is 14.7. The van der Waals surface area contributed by atoms with Gasteiger partial charge in [-0.3, -0.25) is 4.40 Å². The number of rotatable bonds is 3. The van der Waals surface area contributed by atoms with Crippen molar-refractivity contribution >= 4 is 23.2 Å². The summed E-state index contributed by atoms with van der Waals surface area (Å²) in [6, 6.07) is 5.82. The van der Waals surface area contributed by atoms with Gasteiger partial charge in [-0.2, -0.15) is 0 Å². The van der Waals surface area contributed by atoms with E-state index in [4.69, 9.17) is 5.73 Å². The Balaban J connectivity index is 1.76. The molecule has 6 nitrogen and oxygen atoms in total. The predicted molar refractivity (Wildman–Crippen MR) is 80.3 cm³/mol. The molecular formula is C14H14N6S. The minimum absolute atomic E-state index is 0.474. The number of hydrogen-bond acceptors (Lipinski definition) is 6. The maximum absolute atomic E-state index is 6.02. The van der Waals surface area contributed by atoms with Crippen LogP contribution in [0.5, 0.6) is 0 Å². The molecule has 3 aromatic heterocycles. The first-order chi connectivity index (χ1) is 10.2. The van der Waals surface area contributed by atoms with Crippen molar-refractivity contribution in [3.63, 3.8) is 0 Å². The van der Waals surface area contributed by atoms with Crippen LogP contribution in [0.3, 0.4) is 0 Å². The van der Waals surface area contributed by atoms with E-state index >= 15 is 0 Å². The number of nitrogens with two attached hydrogens (primary N) is 1. The summed E-state index contributed by atoms with van der Waals surface area (Å²) in [5.41, 5.74) is 7.74. The van der Waals surface area contributed by atoms with Gasteiger partial charge in [-0.25, -0.2) is 9.97 Å². The Labute approximate surface area is 125 Å². The van der Waals surface area contributed by atoms with Gasteiger partial charge in [-0.05, 0) is 43.7 Å². The second kappa shape index (κ2) is 4.70. The highest BCUT2D eigenvalue weighted by atomic mass is 32.2. The molecule has 0 aliphatic heterocycles. The van der Waals surface area contributed by atoms with Crippen LogP contribution in [0.4, 0.5) is 5.82 Å². The van der Waals surface area contributed by atoms with Crippen LogP contribution in [0, 0.1) is 6.92 Å². The summed E-state index contributed by atoms with van der Waals surface area (Å²) in [6.45, 7) is 1.94. The fourth-order valence-corrected chi connectivity index (χ4v) is 3.03. The summed E-state index contributed by atoms with van der Waals surface area (Å²) in [5.74, 6) is 1.89. The largest absolute Gasteiger partial charge is 0.383 e. The zero-order valence-electron chi connectivity index (χ0n) is 11.5. The van der Waals surface area contributed by atoms with Crippen molar-refractivity contribution in [2.24, 2.45) is 0 Å². The quantitative estimate of drug-likeness (QED) is 0.748. The van der Waals surface area contributed by atoms with Crippen LogP contribution in [0.15, 0.2) is 34.6 Å². The molecule has 2 N–H and O–H groups in total. The first kappa shape index (κ1) is 12.6. The average molecular weight is 298 g/mol. The molecule has 3 aromatic rings. The lowest BCUT2D eigenvalue weighted by molar-refractivity contribution is 0.859. The average Bonchev–Trinajstić information content (AvgIpc) is 3.26. The third-order valence-corrected chi connectivity index (χ3v) is 4.62. The van der Waals surface area contributed by atoms with Crippen molar-refractivity contribution in [3.05, 3.63) is 35.8 Å². The first-order valence-electron chi connectivity index (χ1n) is 6.84. The van der Waals surface area contributed by atoms with Crippen LogP contribution < -0.4 is 5.73 Å². The van der Waals surface area contributed by atoms with Gasteiger partial charge in [0.05, 0.1) is 0 Å². The second-order valence-electron chi connectivity index (χ2n) is 5.18. The molecule has 0 atom stereocenters. The zero-order valence-corrected chi connectivity index (χ0v) is 12.3. The summed E-state index contributed by atoms with van der Waals surface area (Å²) in [5, 5.41) is 10.0. The SMILES string of the molecule is Cc1c(N)nc(C2CC2)nc1Sc1nnc2ccccn12. The standard InChI is InChI=1S/C14H14N6S/c1-8-11(15)16-12(9-5-6-9)17-13(8)21-14-19-18-10-4-2-3-7-20(10)14/h2-4,7,9H,5-6H2,1H3,(H2,15,16,17). The number of nitrogen functional groups attached to an aromatic ring is 1. The molecule has 1 saturated carbocycles. The molecule has 0 spiro atoms. The van der Waals surface area contributed by atoms with Gasteiger partial charge >= 0.3 is 0 Å². The molecule has 21 heavy (non-hydrogen) atoms. The summed E-state index contributed by atoms with van der Waals surface area (Å²) >= 11 is 1.48. The van der Waals surface area contributed by atoms with E-state index in [9.17, 15) is 0 Å². The fourth-order valence-electron chi connectivity index (χ4n) is 2.13. The van der Waals surface area contributed by atoms with Gasteiger partial charge < -0.3 is 5.73 Å². The van der Waals surface area contributed by atoms with E-state index in [-0.39, 0.29) is 0 Å². The molecule has 0 unspecified atom stereocenters. The highest BCUT2D eigenvalue weighted by molar-refractivity contribution is 7.99. The topological polar surface area (TPSA) is 82.0 Å². The predicted octanol–water partition coefficient (Wildman–Crippen LogP) is 2.44. The lowest BCUT2D eigenvalue weighted by Crippen LogP contribution is -2.03. The monoisotopic (exact) mass is 298 g/mol. The molecule has 4 rings (SSSR count). The lowest BCUT2D eigenvalue weighted by atomic mass is 10.3. The second-order valence-corrected chi connectivity index (χ2v) is 6.14. The molecule has 0 aromatic carbocycles. The number of fused-ring (bicyclic) bond motifs is 1. The van der Waals surface area contributed by atoms with Crippen molar-refractivity contribution < 1.29 is 0 Å². The molecule has 1 fully saturated rings. The molecule has 3 heterocycles. The molecule has 1 aliphatic rings. The Bertz CT molecular complexity index is 823. The van der Waals surface area contributed by atoms with E-state index in [2.05, 4.69) is 20.2 Å². The minimum Gasteiger partial charge on any atom is -0.383 e. The van der Waals surface area contributed by atoms with E-state index < -0.39 is 0 Å². The first-order valence-corrected chi connectivity index (χ1v) is 7.65. The van der Waals surface area contributed by atoms with Gasteiger partial charge in [0.1, 0.15) is 16.7 Å². The van der Waals surface area contributed by atoms with Crippen LogP contribution >= 0.6 is 11.8 Å². The van der Waals surface area contributed by atoms with Crippen LogP contribution in [0.25, 0.3) is 5.65 Å². The van der Waals surface area contributed by atoms with E-state index in [1.165, 1.54) is 11.8 Å². The molecule has 0 saturated heterocycles. The fraction of sp³-hybridized carbons (Fsp3) is 0.286. The van der Waals surface area contributed by atoms with E-state index in [0.29, 0.717) is 11.7 Å². The Kier molecular flexibility index (Phi) is 2.81. The van der Waals surface area contributed by atoms with E-state index in [0.717, 1.165) is 40.1 Å². The Hall–Kier alpha value is -2.15. The molecule has 106 valence electrons. The van der Waals surface area contributed by atoms with Crippen molar-refractivity contribution in [2.75, 3.05) is 5.73 Å². The number of hydrogen-bond donors (Lipinski definition) is 1. The Morgan fingerprint density at radius 1 is 1.24 bits per heavy atom. The van der Waals surface area contributed by atoms with Gasteiger partial charge in [-0.15, -0.1) is 10.2 Å². The van der Waals surface area contributed by atoms with Gasteiger partial charge in [-0.1, -0.05) is 6.07 Å². The van der Waals surface area contributed by atoms with Crippen LogP contribution in [0.2, 0.25) is 0 Å². The van der Waals surface area contributed by atoms with Crippen LogP contribution in [-0.4, -0.2) is 24.6 Å². The van der Waals surface area contributed by atoms with Gasteiger partial charge in [0.25, 0.3) is 0 Å². The summed E-state index contributed by atoms with van der Waals surface area (Å²) in [7, 11) is 0. The number of nitrogens with zero attached hydrogens (tertiary/aromatic N) is 5.